The van der Waals surface area contributed by atoms with Gasteiger partial charge in [0.25, 0.3) is 0 Å². The summed E-state index contributed by atoms with van der Waals surface area (Å²) in [5.41, 5.74) is 1.11. The zero-order chi connectivity index (χ0) is 18.3. The summed E-state index contributed by atoms with van der Waals surface area (Å²) >= 11 is 0. The normalized spacial score (nSPS) is 29.9. The summed E-state index contributed by atoms with van der Waals surface area (Å²) in [6, 6.07) is 7.92. The Balaban J connectivity index is 1.40. The van der Waals surface area contributed by atoms with E-state index >= 15 is 0 Å². The Morgan fingerprint density at radius 1 is 1.00 bits per heavy atom. The molecule has 0 spiro atoms. The number of benzene rings is 1. The lowest BCUT2D eigenvalue weighted by Gasteiger charge is -2.38. The lowest BCUT2D eigenvalue weighted by molar-refractivity contribution is -0.151. The number of ether oxygens (including phenoxy) is 1. The first-order valence-electron chi connectivity index (χ1n) is 9.17. The van der Waals surface area contributed by atoms with E-state index in [4.69, 9.17) is 4.74 Å². The topological polar surface area (TPSA) is 70.1 Å². The standard InChI is InChI=1S/C20H24N2O4/c1-26-16-6-4-15(5-7-16)21-8-10-22(11-9-21)19(23)17-13-2-3-14(12-13)18(17)20(24)25/h2-7,13-14,17-18H,8-12H2,1H3,(H,24,25)/t13-,14-,17-,18+/m0/s1. The van der Waals surface area contributed by atoms with Crippen molar-refractivity contribution in [3.63, 3.8) is 0 Å². The first kappa shape index (κ1) is 16.9. The molecular formula is C20H24N2O4. The van der Waals surface area contributed by atoms with Crippen LogP contribution in [0.1, 0.15) is 6.42 Å². The number of rotatable bonds is 4. The van der Waals surface area contributed by atoms with E-state index in [9.17, 15) is 14.7 Å². The van der Waals surface area contributed by atoms with E-state index in [2.05, 4.69) is 4.90 Å². The molecule has 2 aliphatic carbocycles. The third-order valence-corrected chi connectivity index (χ3v) is 6.06. The molecule has 4 rings (SSSR count). The van der Waals surface area contributed by atoms with E-state index in [-0.39, 0.29) is 17.7 Å². The highest BCUT2D eigenvalue weighted by atomic mass is 16.5. The number of piperazine rings is 1. The molecule has 0 unspecified atom stereocenters. The van der Waals surface area contributed by atoms with Gasteiger partial charge in [0.1, 0.15) is 5.75 Å². The van der Waals surface area contributed by atoms with Crippen molar-refractivity contribution >= 4 is 17.6 Å². The fourth-order valence-electron chi connectivity index (χ4n) is 4.68. The quantitative estimate of drug-likeness (QED) is 0.834. The van der Waals surface area contributed by atoms with Gasteiger partial charge in [-0.05, 0) is 42.5 Å². The largest absolute Gasteiger partial charge is 0.497 e. The Kier molecular flexibility index (Phi) is 4.34. The third-order valence-electron chi connectivity index (χ3n) is 6.06. The van der Waals surface area contributed by atoms with E-state index in [1.165, 1.54) is 0 Å². The zero-order valence-electron chi connectivity index (χ0n) is 14.9. The van der Waals surface area contributed by atoms with Gasteiger partial charge in [-0.15, -0.1) is 0 Å². The SMILES string of the molecule is COc1ccc(N2CCN(C(=O)[C@@H]3[C@H](C(=O)O)[C@H]4C=C[C@H]3C4)CC2)cc1. The molecule has 1 heterocycles. The van der Waals surface area contributed by atoms with Crippen molar-refractivity contribution in [3.05, 3.63) is 36.4 Å². The van der Waals surface area contributed by atoms with Crippen LogP contribution in [0.2, 0.25) is 0 Å². The van der Waals surface area contributed by atoms with E-state index in [0.29, 0.717) is 13.1 Å². The van der Waals surface area contributed by atoms with Crippen molar-refractivity contribution in [1.82, 2.24) is 4.90 Å². The van der Waals surface area contributed by atoms with Gasteiger partial charge in [0, 0.05) is 31.9 Å². The number of carbonyl (C=O) groups excluding carboxylic acids is 1. The van der Waals surface area contributed by atoms with E-state index < -0.39 is 17.8 Å². The Bertz CT molecular complexity index is 722. The fraction of sp³-hybridized carbons (Fsp3) is 0.500. The number of anilines is 1. The average Bonchev–Trinajstić information content (AvgIpc) is 3.29. The van der Waals surface area contributed by atoms with Crippen molar-refractivity contribution in [2.24, 2.45) is 23.7 Å². The first-order valence-corrected chi connectivity index (χ1v) is 9.17. The van der Waals surface area contributed by atoms with E-state index in [0.717, 1.165) is 30.9 Å². The van der Waals surface area contributed by atoms with Crippen LogP contribution in [-0.2, 0) is 9.59 Å². The Morgan fingerprint density at radius 2 is 1.62 bits per heavy atom. The average molecular weight is 356 g/mol. The molecule has 26 heavy (non-hydrogen) atoms. The highest BCUT2D eigenvalue weighted by Gasteiger charge is 2.52. The zero-order valence-corrected chi connectivity index (χ0v) is 14.9. The Morgan fingerprint density at radius 3 is 2.19 bits per heavy atom. The van der Waals surface area contributed by atoms with Gasteiger partial charge in [0.15, 0.2) is 0 Å². The predicted octanol–water partition coefficient (Wildman–Crippen LogP) is 1.87. The smallest absolute Gasteiger partial charge is 0.307 e. The van der Waals surface area contributed by atoms with Crippen LogP contribution in [0.25, 0.3) is 0 Å². The van der Waals surface area contributed by atoms with Gasteiger partial charge in [-0.2, -0.15) is 0 Å². The number of carbonyl (C=O) groups is 2. The number of hydrogen-bond acceptors (Lipinski definition) is 4. The lowest BCUT2D eigenvalue weighted by Crippen LogP contribution is -2.52. The molecule has 0 aromatic heterocycles. The minimum Gasteiger partial charge on any atom is -0.497 e. The number of fused-ring (bicyclic) bond motifs is 2. The molecule has 6 nitrogen and oxygen atoms in total. The van der Waals surface area contributed by atoms with E-state index in [1.54, 1.807) is 7.11 Å². The number of nitrogens with zero attached hydrogens (tertiary/aromatic N) is 2. The summed E-state index contributed by atoms with van der Waals surface area (Å²) in [5, 5.41) is 9.56. The summed E-state index contributed by atoms with van der Waals surface area (Å²) in [5.74, 6) is -0.834. The van der Waals surface area contributed by atoms with Crippen LogP contribution >= 0.6 is 0 Å². The number of carboxylic acids is 1. The van der Waals surface area contributed by atoms with Crippen LogP contribution in [-0.4, -0.2) is 55.2 Å². The van der Waals surface area contributed by atoms with Crippen LogP contribution in [0.15, 0.2) is 36.4 Å². The van der Waals surface area contributed by atoms with Gasteiger partial charge in [-0.25, -0.2) is 0 Å². The number of allylic oxidation sites excluding steroid dienone is 2. The summed E-state index contributed by atoms with van der Waals surface area (Å²) in [4.78, 5) is 28.8. The third kappa shape index (κ3) is 2.83. The second-order valence-electron chi connectivity index (χ2n) is 7.35. The van der Waals surface area contributed by atoms with Crippen LogP contribution < -0.4 is 9.64 Å². The second-order valence-corrected chi connectivity index (χ2v) is 7.35. The minimum absolute atomic E-state index is 0.0173. The van der Waals surface area contributed by atoms with Crippen LogP contribution in [0.4, 0.5) is 5.69 Å². The first-order chi connectivity index (χ1) is 12.6. The molecule has 0 radical (unpaired) electrons. The molecule has 1 amide bonds. The van der Waals surface area contributed by atoms with Crippen molar-refractivity contribution in [1.29, 1.82) is 0 Å². The van der Waals surface area contributed by atoms with Crippen LogP contribution in [0, 0.1) is 23.7 Å². The molecular weight excluding hydrogens is 332 g/mol. The van der Waals surface area contributed by atoms with Crippen molar-refractivity contribution < 1.29 is 19.4 Å². The molecule has 1 aliphatic heterocycles. The highest BCUT2D eigenvalue weighted by molar-refractivity contribution is 5.87. The molecule has 1 saturated carbocycles. The molecule has 138 valence electrons. The molecule has 1 aromatic rings. The maximum Gasteiger partial charge on any atom is 0.307 e. The Hall–Kier alpha value is -2.50. The molecule has 1 saturated heterocycles. The molecule has 6 heteroatoms. The second kappa shape index (κ2) is 6.67. The summed E-state index contributed by atoms with van der Waals surface area (Å²) in [7, 11) is 1.65. The number of hydrogen-bond donors (Lipinski definition) is 1. The van der Waals surface area contributed by atoms with Crippen LogP contribution in [0.5, 0.6) is 5.75 Å². The molecule has 2 fully saturated rings. The maximum atomic E-state index is 13.0. The Labute approximate surface area is 153 Å². The van der Waals surface area contributed by atoms with Crippen LogP contribution in [0.3, 0.4) is 0 Å². The molecule has 2 bridgehead atoms. The fourth-order valence-corrected chi connectivity index (χ4v) is 4.68. The van der Waals surface area contributed by atoms with Gasteiger partial charge >= 0.3 is 5.97 Å². The van der Waals surface area contributed by atoms with Gasteiger partial charge in [-0.1, -0.05) is 12.2 Å². The number of methoxy groups -OCH3 is 1. The van der Waals surface area contributed by atoms with Gasteiger partial charge in [0.05, 0.1) is 18.9 Å². The maximum absolute atomic E-state index is 13.0. The number of aliphatic carboxylic acids is 1. The van der Waals surface area contributed by atoms with Gasteiger partial charge < -0.3 is 19.6 Å². The van der Waals surface area contributed by atoms with Crippen molar-refractivity contribution in [2.45, 2.75) is 6.42 Å². The predicted molar refractivity (Wildman–Crippen MR) is 97.1 cm³/mol. The summed E-state index contributed by atoms with van der Waals surface area (Å²) < 4.78 is 5.19. The highest BCUT2D eigenvalue weighted by Crippen LogP contribution is 2.48. The van der Waals surface area contributed by atoms with Crippen molar-refractivity contribution in [2.75, 3.05) is 38.2 Å². The molecule has 1 N–H and O–H groups in total. The van der Waals surface area contributed by atoms with Gasteiger partial charge in [-0.3, -0.25) is 9.59 Å². The summed E-state index contributed by atoms with van der Waals surface area (Å²) in [6.07, 6.45) is 4.83. The molecule has 4 atom stereocenters. The minimum atomic E-state index is -0.836. The number of amides is 1. The lowest BCUT2D eigenvalue weighted by atomic mass is 9.82. The summed E-state index contributed by atoms with van der Waals surface area (Å²) in [6.45, 7) is 2.78. The monoisotopic (exact) mass is 356 g/mol. The molecule has 3 aliphatic rings. The number of carboxylic acid groups (broad SMARTS) is 1. The molecule has 1 aromatic carbocycles. The van der Waals surface area contributed by atoms with Crippen molar-refractivity contribution in [3.8, 4) is 5.75 Å². The van der Waals surface area contributed by atoms with E-state index in [1.807, 2.05) is 41.3 Å². The van der Waals surface area contributed by atoms with Gasteiger partial charge in [0.2, 0.25) is 5.91 Å².